The van der Waals surface area contributed by atoms with Gasteiger partial charge in [0.05, 0.1) is 6.61 Å². The quantitative estimate of drug-likeness (QED) is 0.513. The molecule has 1 aromatic rings. The highest BCUT2D eigenvalue weighted by Gasteiger charge is 2.11. The van der Waals surface area contributed by atoms with Gasteiger partial charge in [-0.25, -0.2) is 0 Å². The molecule has 1 aromatic carbocycles. The molecule has 0 saturated carbocycles. The molecule has 0 spiro atoms. The summed E-state index contributed by atoms with van der Waals surface area (Å²) in [4.78, 5) is 17.5. The Bertz CT molecular complexity index is 453. The molecule has 0 bridgehead atoms. The Morgan fingerprint density at radius 2 is 1.86 bits per heavy atom. The van der Waals surface area contributed by atoms with E-state index in [1.165, 1.54) is 11.1 Å². The van der Waals surface area contributed by atoms with E-state index >= 15 is 0 Å². The van der Waals surface area contributed by atoms with Crippen molar-refractivity contribution in [2.24, 2.45) is 5.92 Å². The van der Waals surface area contributed by atoms with E-state index in [1.54, 1.807) is 0 Å². The summed E-state index contributed by atoms with van der Waals surface area (Å²) >= 11 is 0. The summed E-state index contributed by atoms with van der Waals surface area (Å²) in [5.41, 5.74) is 2.65. The second kappa shape index (κ2) is 9.37. The van der Waals surface area contributed by atoms with Gasteiger partial charge in [0.1, 0.15) is 0 Å². The van der Waals surface area contributed by atoms with Crippen molar-refractivity contribution in [2.45, 2.75) is 39.5 Å². The Labute approximate surface area is 127 Å². The maximum Gasteiger partial charge on any atom is 0.325 e. The molecule has 0 fully saturated rings. The van der Waals surface area contributed by atoms with Crippen molar-refractivity contribution in [1.82, 2.24) is 0 Å². The standard InChI is InChI=1S/C16H27O4P/c1-14(2)12-16-7-5-6-15(13-16)8-10-20-9-3-4-11-21(17,18)19/h5-7,13-14H,3-4,8-12H2,1-2H3,(H2,17,18,19). The number of rotatable bonds is 10. The van der Waals surface area contributed by atoms with Gasteiger partial charge in [0, 0.05) is 12.8 Å². The fourth-order valence-electron chi connectivity index (χ4n) is 2.20. The Morgan fingerprint density at radius 1 is 1.14 bits per heavy atom. The van der Waals surface area contributed by atoms with Crippen molar-refractivity contribution in [3.8, 4) is 0 Å². The van der Waals surface area contributed by atoms with Gasteiger partial charge in [-0.05, 0) is 42.7 Å². The summed E-state index contributed by atoms with van der Waals surface area (Å²) in [5.74, 6) is 0.658. The van der Waals surface area contributed by atoms with Crippen LogP contribution in [0.15, 0.2) is 24.3 Å². The summed E-state index contributed by atoms with van der Waals surface area (Å²) in [6, 6.07) is 8.59. The normalized spacial score (nSPS) is 12.0. The molecule has 0 aliphatic carbocycles. The molecule has 0 unspecified atom stereocenters. The van der Waals surface area contributed by atoms with Crippen LogP contribution in [0.3, 0.4) is 0 Å². The zero-order chi connectivity index (χ0) is 15.7. The summed E-state index contributed by atoms with van der Waals surface area (Å²) in [7, 11) is -3.84. The number of benzene rings is 1. The minimum atomic E-state index is -3.84. The van der Waals surface area contributed by atoms with Gasteiger partial charge in [0.15, 0.2) is 0 Å². The first kappa shape index (κ1) is 18.4. The van der Waals surface area contributed by atoms with Crippen LogP contribution >= 0.6 is 7.60 Å². The number of ether oxygens (including phenoxy) is 1. The van der Waals surface area contributed by atoms with Crippen LogP contribution in [0, 0.1) is 5.92 Å². The highest BCUT2D eigenvalue weighted by molar-refractivity contribution is 7.51. The molecule has 0 heterocycles. The van der Waals surface area contributed by atoms with Gasteiger partial charge in [-0.3, -0.25) is 4.57 Å². The summed E-state index contributed by atoms with van der Waals surface area (Å²) in [6.45, 7) is 5.65. The highest BCUT2D eigenvalue weighted by Crippen LogP contribution is 2.35. The maximum atomic E-state index is 10.7. The third-order valence-electron chi connectivity index (χ3n) is 3.16. The zero-order valence-corrected chi connectivity index (χ0v) is 13.9. The minimum Gasteiger partial charge on any atom is -0.381 e. The molecule has 0 atom stereocenters. The van der Waals surface area contributed by atoms with Gasteiger partial charge in [-0.15, -0.1) is 0 Å². The highest BCUT2D eigenvalue weighted by atomic mass is 31.2. The Balaban J connectivity index is 2.16. The van der Waals surface area contributed by atoms with Crippen LogP contribution in [0.2, 0.25) is 0 Å². The molecule has 120 valence electrons. The molecule has 0 aliphatic heterocycles. The molecule has 1 rings (SSSR count). The lowest BCUT2D eigenvalue weighted by atomic mass is 10.0. The van der Waals surface area contributed by atoms with Gasteiger partial charge in [-0.2, -0.15) is 0 Å². The predicted octanol–water partition coefficient (Wildman–Crippen LogP) is 3.40. The van der Waals surface area contributed by atoms with E-state index in [2.05, 4.69) is 38.1 Å². The average Bonchev–Trinajstić information content (AvgIpc) is 2.36. The fraction of sp³-hybridized carbons (Fsp3) is 0.625. The molecule has 0 aromatic heterocycles. The van der Waals surface area contributed by atoms with E-state index in [4.69, 9.17) is 14.5 Å². The second-order valence-electron chi connectivity index (χ2n) is 5.88. The van der Waals surface area contributed by atoms with Gasteiger partial charge >= 0.3 is 7.60 Å². The van der Waals surface area contributed by atoms with Gasteiger partial charge in [0.25, 0.3) is 0 Å². The number of hydrogen-bond donors (Lipinski definition) is 2. The van der Waals surface area contributed by atoms with E-state index in [1.807, 2.05) is 0 Å². The van der Waals surface area contributed by atoms with Crippen molar-refractivity contribution in [2.75, 3.05) is 19.4 Å². The average molecular weight is 314 g/mol. The zero-order valence-electron chi connectivity index (χ0n) is 13.0. The van der Waals surface area contributed by atoms with Crippen molar-refractivity contribution in [3.05, 3.63) is 35.4 Å². The van der Waals surface area contributed by atoms with Crippen LogP contribution < -0.4 is 0 Å². The largest absolute Gasteiger partial charge is 0.381 e. The van der Waals surface area contributed by atoms with Gasteiger partial charge in [-0.1, -0.05) is 38.1 Å². The van der Waals surface area contributed by atoms with Crippen molar-refractivity contribution in [1.29, 1.82) is 0 Å². The van der Waals surface area contributed by atoms with E-state index in [0.29, 0.717) is 32.0 Å². The molecule has 2 N–H and O–H groups in total. The third kappa shape index (κ3) is 9.81. The van der Waals surface area contributed by atoms with Crippen molar-refractivity contribution < 1.29 is 19.1 Å². The molecular weight excluding hydrogens is 287 g/mol. The van der Waals surface area contributed by atoms with Crippen LogP contribution in [0.25, 0.3) is 0 Å². The first-order valence-electron chi connectivity index (χ1n) is 7.57. The summed E-state index contributed by atoms with van der Waals surface area (Å²) < 4.78 is 16.2. The monoisotopic (exact) mass is 314 g/mol. The van der Waals surface area contributed by atoms with E-state index in [-0.39, 0.29) is 6.16 Å². The van der Waals surface area contributed by atoms with E-state index in [9.17, 15) is 4.57 Å². The van der Waals surface area contributed by atoms with Crippen molar-refractivity contribution in [3.63, 3.8) is 0 Å². The molecule has 21 heavy (non-hydrogen) atoms. The van der Waals surface area contributed by atoms with Crippen molar-refractivity contribution >= 4 is 7.60 Å². The smallest absolute Gasteiger partial charge is 0.325 e. The Kier molecular flexibility index (Phi) is 8.20. The Morgan fingerprint density at radius 3 is 2.52 bits per heavy atom. The topological polar surface area (TPSA) is 66.8 Å². The number of hydrogen-bond acceptors (Lipinski definition) is 2. The van der Waals surface area contributed by atoms with Gasteiger partial charge < -0.3 is 14.5 Å². The summed E-state index contributed by atoms with van der Waals surface area (Å²) in [6.07, 6.45) is 3.13. The molecule has 4 nitrogen and oxygen atoms in total. The lowest BCUT2D eigenvalue weighted by Gasteiger charge is -2.08. The Hall–Kier alpha value is -0.670. The van der Waals surface area contributed by atoms with E-state index in [0.717, 1.165) is 12.8 Å². The molecular formula is C16H27O4P. The fourth-order valence-corrected chi connectivity index (χ4v) is 2.83. The number of unbranched alkanes of at least 4 members (excludes halogenated alkanes) is 1. The molecule has 0 aliphatic rings. The lowest BCUT2D eigenvalue weighted by Crippen LogP contribution is -2.02. The molecule has 0 saturated heterocycles. The van der Waals surface area contributed by atoms with Crippen LogP contribution in [-0.2, 0) is 22.1 Å². The van der Waals surface area contributed by atoms with Crippen LogP contribution in [0.5, 0.6) is 0 Å². The van der Waals surface area contributed by atoms with Crippen LogP contribution in [0.4, 0.5) is 0 Å². The molecule has 0 radical (unpaired) electrons. The second-order valence-corrected chi connectivity index (χ2v) is 7.65. The van der Waals surface area contributed by atoms with Crippen LogP contribution in [0.1, 0.15) is 37.8 Å². The first-order valence-corrected chi connectivity index (χ1v) is 9.37. The van der Waals surface area contributed by atoms with Crippen LogP contribution in [-0.4, -0.2) is 29.2 Å². The molecule has 0 amide bonds. The SMILES string of the molecule is CC(C)Cc1cccc(CCOCCCCP(=O)(O)O)c1. The molecule has 5 heteroatoms. The minimum absolute atomic E-state index is 0.0480. The maximum absolute atomic E-state index is 10.7. The first-order chi connectivity index (χ1) is 9.87. The lowest BCUT2D eigenvalue weighted by molar-refractivity contribution is 0.134. The van der Waals surface area contributed by atoms with Gasteiger partial charge in [0.2, 0.25) is 0 Å². The predicted molar refractivity (Wildman–Crippen MR) is 85.7 cm³/mol. The third-order valence-corrected chi connectivity index (χ3v) is 4.06. The van der Waals surface area contributed by atoms with E-state index < -0.39 is 7.60 Å². The summed E-state index contributed by atoms with van der Waals surface area (Å²) in [5, 5.41) is 0.